The molecule has 0 radical (unpaired) electrons. The molecule has 3 aromatic rings. The Kier molecular flexibility index (Phi) is 4.71. The van der Waals surface area contributed by atoms with Gasteiger partial charge in [-0.1, -0.05) is 0 Å². The van der Waals surface area contributed by atoms with E-state index >= 15 is 0 Å². The van der Waals surface area contributed by atoms with Crippen LogP contribution in [0.25, 0.3) is 11.5 Å². The van der Waals surface area contributed by atoms with Crippen LogP contribution in [-0.2, 0) is 13.2 Å². The number of aromatic nitrogens is 2. The lowest BCUT2D eigenvalue weighted by molar-refractivity contribution is -0.384. The second kappa shape index (κ2) is 7.10. The summed E-state index contributed by atoms with van der Waals surface area (Å²) in [5, 5.41) is 20.0. The van der Waals surface area contributed by atoms with Gasteiger partial charge in [-0.15, -0.1) is 0 Å². The van der Waals surface area contributed by atoms with Crippen LogP contribution in [0.4, 0.5) is 5.69 Å². The zero-order chi connectivity index (χ0) is 17.8. The number of nitrogens with zero attached hydrogens (tertiary/aromatic N) is 3. The van der Waals surface area contributed by atoms with Gasteiger partial charge in [-0.05, 0) is 31.2 Å². The zero-order valence-electron chi connectivity index (χ0n) is 13.4. The Morgan fingerprint density at radius 2 is 1.96 bits per heavy atom. The molecule has 128 valence electrons. The van der Waals surface area contributed by atoms with Crippen molar-refractivity contribution < 1.29 is 19.2 Å². The molecule has 2 heterocycles. The van der Waals surface area contributed by atoms with Crippen LogP contribution < -0.4 is 4.74 Å². The second-order valence-corrected chi connectivity index (χ2v) is 5.29. The number of benzene rings is 1. The molecule has 0 fully saturated rings. The highest BCUT2D eigenvalue weighted by Gasteiger charge is 2.11. The van der Waals surface area contributed by atoms with Crippen molar-refractivity contribution in [2.45, 2.75) is 20.1 Å². The van der Waals surface area contributed by atoms with E-state index < -0.39 is 4.92 Å². The number of oxazole rings is 1. The number of rotatable bonds is 6. The molecule has 8 heteroatoms. The summed E-state index contributed by atoms with van der Waals surface area (Å²) in [6.07, 6.45) is 1.46. The SMILES string of the molecule is Cc1ccc(OCc2coc(-c3ccc([N+](=O)[O-])cc3)n2)c(CO)n1. The summed E-state index contributed by atoms with van der Waals surface area (Å²) in [4.78, 5) is 18.7. The molecular formula is C17H15N3O5. The van der Waals surface area contributed by atoms with E-state index in [1.54, 1.807) is 24.3 Å². The summed E-state index contributed by atoms with van der Waals surface area (Å²) in [6.45, 7) is 1.76. The first-order valence-corrected chi connectivity index (χ1v) is 7.46. The summed E-state index contributed by atoms with van der Waals surface area (Å²) in [6, 6.07) is 9.46. The fourth-order valence-corrected chi connectivity index (χ4v) is 2.23. The number of nitro benzene ring substituents is 1. The van der Waals surface area contributed by atoms with Crippen LogP contribution in [0.5, 0.6) is 5.75 Å². The maximum atomic E-state index is 10.7. The van der Waals surface area contributed by atoms with Crippen molar-refractivity contribution in [3.63, 3.8) is 0 Å². The lowest BCUT2D eigenvalue weighted by Crippen LogP contribution is -2.01. The minimum absolute atomic E-state index is 0.00210. The molecule has 0 aliphatic carbocycles. The van der Waals surface area contributed by atoms with Crippen LogP contribution in [-0.4, -0.2) is 20.0 Å². The van der Waals surface area contributed by atoms with Crippen LogP contribution in [0.1, 0.15) is 17.1 Å². The summed E-state index contributed by atoms with van der Waals surface area (Å²) in [7, 11) is 0. The molecule has 0 bridgehead atoms. The fraction of sp³-hybridized carbons (Fsp3) is 0.176. The van der Waals surface area contributed by atoms with Gasteiger partial charge in [-0.25, -0.2) is 4.98 Å². The summed E-state index contributed by atoms with van der Waals surface area (Å²) < 4.78 is 11.0. The standard InChI is InChI=1S/C17H15N3O5/c1-11-2-7-16(15(8-21)18-11)24-9-13-10-25-17(19-13)12-3-5-14(6-4-12)20(22)23/h2-7,10,21H,8-9H2,1H3. The Bertz CT molecular complexity index is 890. The normalized spacial score (nSPS) is 10.6. The van der Waals surface area contributed by atoms with Crippen molar-refractivity contribution in [1.29, 1.82) is 0 Å². The van der Waals surface area contributed by atoms with Crippen LogP contribution in [0, 0.1) is 17.0 Å². The van der Waals surface area contributed by atoms with Crippen molar-refractivity contribution in [1.82, 2.24) is 9.97 Å². The lowest BCUT2D eigenvalue weighted by Gasteiger charge is -2.08. The number of aliphatic hydroxyl groups excluding tert-OH is 1. The second-order valence-electron chi connectivity index (χ2n) is 5.29. The van der Waals surface area contributed by atoms with Crippen molar-refractivity contribution in [2.24, 2.45) is 0 Å². The number of aryl methyl sites for hydroxylation is 1. The number of hydrogen-bond acceptors (Lipinski definition) is 7. The quantitative estimate of drug-likeness (QED) is 0.542. The fourth-order valence-electron chi connectivity index (χ4n) is 2.23. The molecule has 1 N–H and O–H groups in total. The Hall–Kier alpha value is -3.26. The third-order valence-corrected chi connectivity index (χ3v) is 3.47. The van der Waals surface area contributed by atoms with Gasteiger partial charge in [0.25, 0.3) is 5.69 Å². The predicted molar refractivity (Wildman–Crippen MR) is 87.8 cm³/mol. The van der Waals surface area contributed by atoms with E-state index in [0.29, 0.717) is 28.6 Å². The number of pyridine rings is 1. The van der Waals surface area contributed by atoms with Gasteiger partial charge < -0.3 is 14.3 Å². The molecule has 3 rings (SSSR count). The summed E-state index contributed by atoms with van der Waals surface area (Å²) >= 11 is 0. The van der Waals surface area contributed by atoms with Gasteiger partial charge in [-0.3, -0.25) is 15.1 Å². The maximum absolute atomic E-state index is 10.7. The molecule has 0 saturated heterocycles. The number of non-ortho nitro benzene ring substituents is 1. The van der Waals surface area contributed by atoms with E-state index in [1.807, 2.05) is 6.92 Å². The Morgan fingerprint density at radius 1 is 1.20 bits per heavy atom. The van der Waals surface area contributed by atoms with E-state index in [4.69, 9.17) is 9.15 Å². The molecule has 25 heavy (non-hydrogen) atoms. The van der Waals surface area contributed by atoms with E-state index in [2.05, 4.69) is 9.97 Å². The molecule has 0 spiro atoms. The first kappa shape index (κ1) is 16.6. The number of aliphatic hydroxyl groups is 1. The van der Waals surface area contributed by atoms with E-state index in [1.165, 1.54) is 18.4 Å². The van der Waals surface area contributed by atoms with E-state index in [0.717, 1.165) is 5.69 Å². The molecule has 8 nitrogen and oxygen atoms in total. The molecule has 1 aromatic carbocycles. The highest BCUT2D eigenvalue weighted by atomic mass is 16.6. The topological polar surface area (TPSA) is 112 Å². The van der Waals surface area contributed by atoms with E-state index in [9.17, 15) is 15.2 Å². The van der Waals surface area contributed by atoms with Crippen molar-refractivity contribution in [2.75, 3.05) is 0 Å². The van der Waals surface area contributed by atoms with Crippen LogP contribution in [0.15, 0.2) is 47.1 Å². The molecule has 0 saturated carbocycles. The highest BCUT2D eigenvalue weighted by molar-refractivity contribution is 5.55. The zero-order valence-corrected chi connectivity index (χ0v) is 13.4. The van der Waals surface area contributed by atoms with Crippen molar-refractivity contribution in [3.05, 3.63) is 69.9 Å². The molecular weight excluding hydrogens is 326 g/mol. The Morgan fingerprint density at radius 3 is 2.64 bits per heavy atom. The van der Waals surface area contributed by atoms with Crippen molar-refractivity contribution in [3.8, 4) is 17.2 Å². The van der Waals surface area contributed by atoms with Gasteiger partial charge in [0.1, 0.15) is 30.0 Å². The van der Waals surface area contributed by atoms with Crippen LogP contribution >= 0.6 is 0 Å². The van der Waals surface area contributed by atoms with E-state index in [-0.39, 0.29) is 18.9 Å². The van der Waals surface area contributed by atoms with Gasteiger partial charge in [-0.2, -0.15) is 0 Å². The molecule has 0 unspecified atom stereocenters. The third kappa shape index (κ3) is 3.81. The number of nitro groups is 1. The first-order chi connectivity index (χ1) is 12.1. The number of hydrogen-bond donors (Lipinski definition) is 1. The van der Waals surface area contributed by atoms with Gasteiger partial charge in [0.15, 0.2) is 0 Å². The third-order valence-electron chi connectivity index (χ3n) is 3.47. The lowest BCUT2D eigenvalue weighted by atomic mass is 10.2. The Balaban J connectivity index is 1.71. The molecule has 0 aliphatic rings. The first-order valence-electron chi connectivity index (χ1n) is 7.46. The van der Waals surface area contributed by atoms with Crippen LogP contribution in [0.3, 0.4) is 0 Å². The summed E-state index contributed by atoms with van der Waals surface area (Å²) in [5.41, 5.74) is 2.43. The van der Waals surface area contributed by atoms with Crippen molar-refractivity contribution >= 4 is 5.69 Å². The van der Waals surface area contributed by atoms with Gasteiger partial charge in [0.05, 0.1) is 11.5 Å². The molecule has 0 atom stereocenters. The highest BCUT2D eigenvalue weighted by Crippen LogP contribution is 2.23. The van der Waals surface area contributed by atoms with Gasteiger partial charge in [0.2, 0.25) is 5.89 Å². The minimum atomic E-state index is -0.465. The largest absolute Gasteiger partial charge is 0.485 e. The molecule has 0 aliphatic heterocycles. The monoisotopic (exact) mass is 341 g/mol. The maximum Gasteiger partial charge on any atom is 0.269 e. The van der Waals surface area contributed by atoms with Gasteiger partial charge >= 0.3 is 0 Å². The van der Waals surface area contributed by atoms with Gasteiger partial charge in [0, 0.05) is 23.4 Å². The predicted octanol–water partition coefficient (Wildman–Crippen LogP) is 3.02. The Labute approximate surface area is 142 Å². The molecule has 2 aromatic heterocycles. The molecule has 0 amide bonds. The number of ether oxygens (including phenoxy) is 1. The smallest absolute Gasteiger partial charge is 0.269 e. The average Bonchev–Trinajstić information content (AvgIpc) is 3.09. The van der Waals surface area contributed by atoms with Crippen LogP contribution in [0.2, 0.25) is 0 Å². The summed E-state index contributed by atoms with van der Waals surface area (Å²) in [5.74, 6) is 0.825. The average molecular weight is 341 g/mol. The minimum Gasteiger partial charge on any atom is -0.485 e.